The van der Waals surface area contributed by atoms with Gasteiger partial charge >= 0.3 is 0 Å². The molecule has 3 heteroatoms. The Hall–Kier alpha value is -7.62. The number of benzene rings is 9. The van der Waals surface area contributed by atoms with Crippen molar-refractivity contribution < 1.29 is 14.0 Å². The van der Waals surface area contributed by atoms with Gasteiger partial charge in [0.1, 0.15) is 11.2 Å². The second-order valence-electron chi connectivity index (χ2n) is 14.4. The molecule has 0 saturated carbocycles. The minimum Gasteiger partial charge on any atom is -0.456 e. The van der Waals surface area contributed by atoms with Crippen molar-refractivity contribution >= 4 is 65.6 Å². The first-order chi connectivity index (χ1) is 31.2. The Bertz CT molecular complexity index is 3910. The highest BCUT2D eigenvalue weighted by molar-refractivity contribution is 6.16. The average molecular weight is 734 g/mol. The van der Waals surface area contributed by atoms with Crippen LogP contribution in [0.15, 0.2) is 211 Å². The molecule has 3 aromatic heterocycles. The predicted molar refractivity (Wildman–Crippen MR) is 239 cm³/mol. The minimum absolute atomic E-state index is 0.0985. The number of rotatable bonds is 5. The summed E-state index contributed by atoms with van der Waals surface area (Å²) in [6.07, 6.45) is 0. The van der Waals surface area contributed by atoms with Gasteiger partial charge in [-0.2, -0.15) is 0 Å². The Kier molecular flexibility index (Phi) is 5.56. The Balaban J connectivity index is 1.14. The largest absolute Gasteiger partial charge is 0.456 e. The molecule has 0 atom stereocenters. The van der Waals surface area contributed by atoms with Crippen LogP contribution in [0, 0.1) is 0 Å². The molecule has 0 spiro atoms. The van der Waals surface area contributed by atoms with Gasteiger partial charge in [0.2, 0.25) is 0 Å². The second-order valence-corrected chi connectivity index (χ2v) is 14.4. The Labute approximate surface area is 338 Å². The standard InChI is InChI=1S/C54H34N2O/c1-3-12-35(13-4-1)37-22-27-41(28-23-37)55-48-29-24-38(36-14-5-2-6-15-36)32-45(48)46-34-40(25-30-49(46)55)39-26-31-50-44(33-39)42-16-7-9-18-47(42)56(50)51-19-11-21-53-54(51)43-17-8-10-20-52(43)57-53/h1-34H/i7D,9D,16D,18D,26D,31D,33D. The van der Waals surface area contributed by atoms with Crippen LogP contribution in [0.2, 0.25) is 0 Å². The number of furan rings is 1. The molecule has 3 heterocycles. The van der Waals surface area contributed by atoms with Crippen molar-refractivity contribution in [3.05, 3.63) is 206 Å². The zero-order valence-electron chi connectivity index (χ0n) is 37.4. The molecule has 0 radical (unpaired) electrons. The second kappa shape index (κ2) is 12.5. The Morgan fingerprint density at radius 1 is 0.368 bits per heavy atom. The van der Waals surface area contributed by atoms with Crippen LogP contribution in [-0.4, -0.2) is 9.13 Å². The summed E-state index contributed by atoms with van der Waals surface area (Å²) in [6.45, 7) is 0. The van der Waals surface area contributed by atoms with E-state index in [0.29, 0.717) is 27.8 Å². The molecule has 0 aliphatic carbocycles. The predicted octanol–water partition coefficient (Wildman–Crippen LogP) is 14.8. The maximum absolute atomic E-state index is 9.98. The highest BCUT2D eigenvalue weighted by atomic mass is 16.3. The lowest BCUT2D eigenvalue weighted by molar-refractivity contribution is 0.669. The van der Waals surface area contributed by atoms with Crippen molar-refractivity contribution in [1.29, 1.82) is 0 Å². The third-order valence-corrected chi connectivity index (χ3v) is 11.2. The van der Waals surface area contributed by atoms with Gasteiger partial charge in [0.05, 0.1) is 42.7 Å². The molecule has 0 bridgehead atoms. The molecular formula is C54H34N2O. The van der Waals surface area contributed by atoms with E-state index >= 15 is 0 Å². The highest BCUT2D eigenvalue weighted by Crippen LogP contribution is 2.41. The molecule has 12 rings (SSSR count). The van der Waals surface area contributed by atoms with Crippen LogP contribution in [0.5, 0.6) is 0 Å². The summed E-state index contributed by atoms with van der Waals surface area (Å²) in [5.74, 6) is 0. The SMILES string of the molecule is [2H]c1c([2H])c([2H])c2c(c1[2H])c1c([2H])c(-c3ccc4c(c3)c3cc(-c5ccccc5)ccc3n4-c3ccc(-c4ccccc4)cc3)c([2H])c([2H])c1n2-c1cccc2oc3ccccc3c12. The van der Waals surface area contributed by atoms with Crippen LogP contribution in [0.3, 0.4) is 0 Å². The van der Waals surface area contributed by atoms with Gasteiger partial charge in [0.15, 0.2) is 0 Å². The normalized spacial score (nSPS) is 13.6. The van der Waals surface area contributed by atoms with Crippen LogP contribution in [0.1, 0.15) is 9.60 Å². The summed E-state index contributed by atoms with van der Waals surface area (Å²) in [6, 6.07) is 52.3. The number of nitrogens with zero attached hydrogens (tertiary/aromatic N) is 2. The summed E-state index contributed by atoms with van der Waals surface area (Å²) in [5, 5.41) is 3.65. The maximum atomic E-state index is 9.98. The van der Waals surface area contributed by atoms with Crippen LogP contribution >= 0.6 is 0 Å². The van der Waals surface area contributed by atoms with Gasteiger partial charge in [-0.3, -0.25) is 0 Å². The van der Waals surface area contributed by atoms with E-state index < -0.39 is 12.1 Å². The Morgan fingerprint density at radius 2 is 0.965 bits per heavy atom. The van der Waals surface area contributed by atoms with Gasteiger partial charge in [-0.25, -0.2) is 0 Å². The first kappa shape index (κ1) is 25.5. The van der Waals surface area contributed by atoms with Crippen LogP contribution in [0.25, 0.3) is 110 Å². The molecule has 0 N–H and O–H groups in total. The molecule has 12 aromatic rings. The topological polar surface area (TPSA) is 23.0 Å². The van der Waals surface area contributed by atoms with E-state index in [-0.39, 0.29) is 57.6 Å². The van der Waals surface area contributed by atoms with Crippen LogP contribution in [0.4, 0.5) is 0 Å². The lowest BCUT2D eigenvalue weighted by Gasteiger charge is -2.11. The molecule has 0 saturated heterocycles. The van der Waals surface area contributed by atoms with Gasteiger partial charge in [0.25, 0.3) is 0 Å². The van der Waals surface area contributed by atoms with E-state index in [4.69, 9.17) is 7.16 Å². The lowest BCUT2D eigenvalue weighted by atomic mass is 9.99. The monoisotopic (exact) mass is 733 g/mol. The van der Waals surface area contributed by atoms with Gasteiger partial charge < -0.3 is 13.6 Å². The van der Waals surface area contributed by atoms with Crippen molar-refractivity contribution in [2.45, 2.75) is 0 Å². The van der Waals surface area contributed by atoms with E-state index in [0.717, 1.165) is 55.1 Å². The number of para-hydroxylation sites is 2. The summed E-state index contributed by atoms with van der Waals surface area (Å²) < 4.78 is 75.6. The molecule has 0 aliphatic rings. The molecule has 9 aromatic carbocycles. The average Bonchev–Trinajstić information content (AvgIpc) is 4.01. The molecule has 0 aliphatic heterocycles. The van der Waals surface area contributed by atoms with Crippen molar-refractivity contribution in [2.24, 2.45) is 0 Å². The van der Waals surface area contributed by atoms with Crippen molar-refractivity contribution in [1.82, 2.24) is 9.13 Å². The molecule has 0 fully saturated rings. The van der Waals surface area contributed by atoms with Gasteiger partial charge in [-0.15, -0.1) is 0 Å². The Morgan fingerprint density at radius 3 is 1.72 bits per heavy atom. The van der Waals surface area contributed by atoms with Crippen molar-refractivity contribution in [3.8, 4) is 44.8 Å². The van der Waals surface area contributed by atoms with Gasteiger partial charge in [-0.05, 0) is 106 Å². The van der Waals surface area contributed by atoms with E-state index in [9.17, 15) is 6.85 Å². The van der Waals surface area contributed by atoms with Gasteiger partial charge in [-0.1, -0.05) is 133 Å². The smallest absolute Gasteiger partial charge is 0.137 e. The molecule has 0 amide bonds. The first-order valence-electron chi connectivity index (χ1n) is 22.4. The van der Waals surface area contributed by atoms with Crippen molar-refractivity contribution in [2.75, 3.05) is 0 Å². The molecule has 3 nitrogen and oxygen atoms in total. The summed E-state index contributed by atoms with van der Waals surface area (Å²) in [7, 11) is 0. The number of fused-ring (bicyclic) bond motifs is 9. The number of hydrogen-bond acceptors (Lipinski definition) is 1. The maximum Gasteiger partial charge on any atom is 0.137 e. The quantitative estimate of drug-likeness (QED) is 0.173. The first-order valence-corrected chi connectivity index (χ1v) is 18.9. The third-order valence-electron chi connectivity index (χ3n) is 11.2. The summed E-state index contributed by atoms with van der Waals surface area (Å²) in [5.41, 5.74) is 9.96. The fourth-order valence-corrected chi connectivity index (χ4v) is 8.54. The van der Waals surface area contributed by atoms with E-state index in [1.165, 1.54) is 0 Å². The van der Waals surface area contributed by atoms with Crippen LogP contribution in [-0.2, 0) is 0 Å². The van der Waals surface area contributed by atoms with Crippen LogP contribution < -0.4 is 0 Å². The van der Waals surface area contributed by atoms with E-state index in [1.807, 2.05) is 91.0 Å². The van der Waals surface area contributed by atoms with Crippen molar-refractivity contribution in [3.63, 3.8) is 0 Å². The zero-order chi connectivity index (χ0) is 43.5. The highest BCUT2D eigenvalue weighted by Gasteiger charge is 2.19. The fourth-order valence-electron chi connectivity index (χ4n) is 8.54. The minimum atomic E-state index is -0.439. The van der Waals surface area contributed by atoms with E-state index in [1.54, 1.807) is 10.6 Å². The molecule has 57 heavy (non-hydrogen) atoms. The number of aromatic nitrogens is 2. The zero-order valence-corrected chi connectivity index (χ0v) is 30.4. The molecule has 266 valence electrons. The fraction of sp³-hybridized carbons (Fsp3) is 0. The lowest BCUT2D eigenvalue weighted by Crippen LogP contribution is -1.94. The summed E-state index contributed by atoms with van der Waals surface area (Å²) >= 11 is 0. The molecular weight excluding hydrogens is 693 g/mol. The third kappa shape index (κ3) is 4.92. The van der Waals surface area contributed by atoms with Gasteiger partial charge in [0, 0.05) is 32.6 Å². The van der Waals surface area contributed by atoms with E-state index in [2.05, 4.69) is 71.3 Å². The number of hydrogen-bond donors (Lipinski definition) is 0. The molecule has 0 unspecified atom stereocenters. The summed E-state index contributed by atoms with van der Waals surface area (Å²) in [4.78, 5) is 0.